The van der Waals surface area contributed by atoms with Crippen LogP contribution in [0.5, 0.6) is 0 Å². The molecule has 2 aliphatic carbocycles. The van der Waals surface area contributed by atoms with E-state index in [1.807, 2.05) is 48.2 Å². The zero-order valence-electron chi connectivity index (χ0n) is 38.2. The van der Waals surface area contributed by atoms with Gasteiger partial charge < -0.3 is 19.6 Å². The van der Waals surface area contributed by atoms with E-state index >= 15 is 0 Å². The highest BCUT2D eigenvalue weighted by atomic mass is 19.1. The van der Waals surface area contributed by atoms with Gasteiger partial charge in [0, 0.05) is 52.4 Å². The summed E-state index contributed by atoms with van der Waals surface area (Å²) in [5.41, 5.74) is 5.80. The highest BCUT2D eigenvalue weighted by Gasteiger charge is 2.41. The number of benzene rings is 2. The number of anilines is 4. The van der Waals surface area contributed by atoms with Crippen molar-refractivity contribution in [3.8, 4) is 0 Å². The summed E-state index contributed by atoms with van der Waals surface area (Å²) in [4.78, 5) is 52.5. The fourth-order valence-corrected chi connectivity index (χ4v) is 8.87. The molecule has 0 unspecified atom stereocenters. The number of carbonyl (C=O) groups excluding carboxylic acids is 2. The standard InChI is InChI=1S/2C25H29FN6O.2CH4/c2*1-3-21-25(33)30(2)22-13-27-23(29-24(22)32(21)16-18-4-5-18)11-8-19-12-28-31(15-19)14-17-6-9-20(26)10-7-17;;/h2*6-7,9-10,12-13,15,18,21H,3-5,8,11,14,16H2,1-2H3;2*1H4/t2*21-;;/m10../s1. The maximum atomic E-state index is 13.1. The highest BCUT2D eigenvalue weighted by molar-refractivity contribution is 6.05. The van der Waals surface area contributed by atoms with Crippen molar-refractivity contribution in [2.45, 2.75) is 118 Å². The number of fused-ring (bicyclic) bond motifs is 2. The molecule has 2 fully saturated rings. The van der Waals surface area contributed by atoms with E-state index in [1.165, 1.54) is 49.9 Å². The Balaban J connectivity index is 0.000000196. The topological polar surface area (TPSA) is 134 Å². The van der Waals surface area contributed by atoms with E-state index < -0.39 is 0 Å². The number of amides is 2. The number of halogens is 2. The maximum absolute atomic E-state index is 13.1. The summed E-state index contributed by atoms with van der Waals surface area (Å²) in [6.45, 7) is 7.10. The molecule has 6 heterocycles. The van der Waals surface area contributed by atoms with Gasteiger partial charge in [0.2, 0.25) is 11.8 Å². The molecule has 68 heavy (non-hydrogen) atoms. The van der Waals surface area contributed by atoms with E-state index in [1.54, 1.807) is 46.5 Å². The summed E-state index contributed by atoms with van der Waals surface area (Å²) < 4.78 is 29.9. The molecular weight excluding hydrogens is 863 g/mol. The molecular formula is C52H66F2N12O2. The first-order valence-electron chi connectivity index (χ1n) is 23.3. The molecule has 6 aromatic rings. The third-order valence-electron chi connectivity index (χ3n) is 13.1. The van der Waals surface area contributed by atoms with Crippen LogP contribution < -0.4 is 19.6 Å². The molecule has 16 heteroatoms. The zero-order chi connectivity index (χ0) is 45.9. The van der Waals surface area contributed by atoms with Crippen LogP contribution in [0.3, 0.4) is 0 Å². The van der Waals surface area contributed by atoms with Crippen LogP contribution in [-0.4, -0.2) is 90.6 Å². The summed E-state index contributed by atoms with van der Waals surface area (Å²) in [5.74, 6) is 4.41. The minimum atomic E-state index is -0.235. The van der Waals surface area contributed by atoms with E-state index in [9.17, 15) is 18.4 Å². The first kappa shape index (κ1) is 49.3. The zero-order valence-corrected chi connectivity index (χ0v) is 38.2. The lowest BCUT2D eigenvalue weighted by Gasteiger charge is -2.40. The van der Waals surface area contributed by atoms with E-state index in [0.717, 1.165) is 95.7 Å². The quantitative estimate of drug-likeness (QED) is 0.0931. The van der Waals surface area contributed by atoms with Gasteiger partial charge in [-0.15, -0.1) is 0 Å². The second kappa shape index (κ2) is 21.6. The molecule has 0 saturated heterocycles. The monoisotopic (exact) mass is 929 g/mol. The Hall–Kier alpha value is -6.58. The van der Waals surface area contributed by atoms with Crippen molar-refractivity contribution < 1.29 is 18.4 Å². The molecule has 2 amide bonds. The lowest BCUT2D eigenvalue weighted by molar-refractivity contribution is -0.120. The van der Waals surface area contributed by atoms with Crippen molar-refractivity contribution in [1.29, 1.82) is 0 Å². The molecule has 360 valence electrons. The predicted octanol–water partition coefficient (Wildman–Crippen LogP) is 8.51. The SMILES string of the molecule is C.C.CC[C@@H]1C(=O)N(C)c2cnc(CCc3cnn(Cc4ccc(F)cc4)c3)nc2N1CC1CC1.CC[C@H]1C(=O)N(C)c2cnc(CCc3cnn(Cc4ccc(F)cc4)c3)nc2N1CC1CC1. The van der Waals surface area contributed by atoms with E-state index in [-0.39, 0.29) is 50.4 Å². The Morgan fingerprint density at radius 2 is 0.926 bits per heavy atom. The van der Waals surface area contributed by atoms with Crippen LogP contribution in [0.15, 0.2) is 85.7 Å². The molecule has 0 N–H and O–H groups in total. The van der Waals surface area contributed by atoms with E-state index in [0.29, 0.717) is 37.8 Å². The molecule has 2 atom stereocenters. The molecule has 4 aliphatic rings. The summed E-state index contributed by atoms with van der Waals surface area (Å²) in [6, 6.07) is 12.6. The average Bonchev–Trinajstić information content (AvgIpc) is 4.25. The van der Waals surface area contributed by atoms with Crippen molar-refractivity contribution in [3.63, 3.8) is 0 Å². The minimum Gasteiger partial charge on any atom is -0.342 e. The van der Waals surface area contributed by atoms with Gasteiger partial charge in [0.1, 0.15) is 46.7 Å². The predicted molar refractivity (Wildman–Crippen MR) is 263 cm³/mol. The van der Waals surface area contributed by atoms with E-state index in [4.69, 9.17) is 9.97 Å². The Kier molecular flexibility index (Phi) is 15.7. The largest absolute Gasteiger partial charge is 0.342 e. The Bertz CT molecular complexity index is 2460. The maximum Gasteiger partial charge on any atom is 0.249 e. The number of hydrogen-bond acceptors (Lipinski definition) is 10. The normalized spacial score (nSPS) is 17.5. The van der Waals surface area contributed by atoms with Gasteiger partial charge in [0.05, 0.1) is 37.9 Å². The smallest absolute Gasteiger partial charge is 0.249 e. The summed E-state index contributed by atoms with van der Waals surface area (Å²) in [6.07, 6.45) is 20.7. The molecule has 2 aliphatic heterocycles. The minimum absolute atomic E-state index is 0. The first-order valence-corrected chi connectivity index (χ1v) is 23.3. The Morgan fingerprint density at radius 3 is 1.28 bits per heavy atom. The van der Waals surface area contributed by atoms with Crippen molar-refractivity contribution in [1.82, 2.24) is 39.5 Å². The Labute approximate surface area is 399 Å². The summed E-state index contributed by atoms with van der Waals surface area (Å²) in [7, 11) is 3.63. The number of aromatic nitrogens is 8. The van der Waals surface area contributed by atoms with Gasteiger partial charge >= 0.3 is 0 Å². The van der Waals surface area contributed by atoms with Crippen LogP contribution in [0.4, 0.5) is 31.8 Å². The van der Waals surface area contributed by atoms with Gasteiger partial charge in [0.15, 0.2) is 11.6 Å². The number of rotatable bonds is 16. The lowest BCUT2D eigenvalue weighted by Crippen LogP contribution is -2.53. The van der Waals surface area contributed by atoms with Crippen LogP contribution >= 0.6 is 0 Å². The Morgan fingerprint density at radius 1 is 0.544 bits per heavy atom. The molecule has 14 nitrogen and oxygen atoms in total. The second-order valence-corrected chi connectivity index (χ2v) is 18.2. The summed E-state index contributed by atoms with van der Waals surface area (Å²) in [5, 5.41) is 8.87. The number of hydrogen-bond donors (Lipinski definition) is 0. The van der Waals surface area contributed by atoms with Crippen LogP contribution in [0.2, 0.25) is 0 Å². The van der Waals surface area contributed by atoms with Gasteiger partial charge in [-0.1, -0.05) is 53.0 Å². The van der Waals surface area contributed by atoms with Crippen LogP contribution in [-0.2, 0) is 48.4 Å². The first-order chi connectivity index (χ1) is 32.0. The van der Waals surface area contributed by atoms with Gasteiger partial charge in [-0.25, -0.2) is 28.7 Å². The van der Waals surface area contributed by atoms with Gasteiger partial charge in [-0.05, 0) is 110 Å². The molecule has 0 spiro atoms. The van der Waals surface area contributed by atoms with Gasteiger partial charge in [-0.3, -0.25) is 19.0 Å². The van der Waals surface area contributed by atoms with E-state index in [2.05, 4.69) is 43.8 Å². The number of likely N-dealkylation sites (N-methyl/N-ethyl adjacent to an activating group) is 2. The van der Waals surface area contributed by atoms with Crippen molar-refractivity contribution in [3.05, 3.63) is 131 Å². The lowest BCUT2D eigenvalue weighted by atomic mass is 10.1. The van der Waals surface area contributed by atoms with Crippen molar-refractivity contribution in [2.75, 3.05) is 46.8 Å². The third-order valence-corrected chi connectivity index (χ3v) is 13.1. The molecule has 0 radical (unpaired) electrons. The van der Waals surface area contributed by atoms with Crippen LogP contribution in [0, 0.1) is 23.5 Å². The van der Waals surface area contributed by atoms with Gasteiger partial charge in [-0.2, -0.15) is 10.2 Å². The van der Waals surface area contributed by atoms with Gasteiger partial charge in [0.25, 0.3) is 0 Å². The fraction of sp³-hybridized carbons (Fsp3) is 0.462. The molecule has 10 rings (SSSR count). The number of nitrogens with zero attached hydrogens (tertiary/aromatic N) is 12. The molecule has 4 aromatic heterocycles. The van der Waals surface area contributed by atoms with Crippen LogP contribution in [0.1, 0.15) is 101 Å². The van der Waals surface area contributed by atoms with Crippen molar-refractivity contribution in [2.24, 2.45) is 11.8 Å². The average molecular weight is 929 g/mol. The third kappa shape index (κ3) is 11.4. The second-order valence-electron chi connectivity index (χ2n) is 18.2. The summed E-state index contributed by atoms with van der Waals surface area (Å²) >= 11 is 0. The fourth-order valence-electron chi connectivity index (χ4n) is 8.87. The molecule has 2 aromatic carbocycles. The van der Waals surface area contributed by atoms with Crippen LogP contribution in [0.25, 0.3) is 0 Å². The number of aryl methyl sites for hydroxylation is 4. The molecule has 2 saturated carbocycles. The highest BCUT2D eigenvalue weighted by Crippen LogP contribution is 2.40. The van der Waals surface area contributed by atoms with Crippen molar-refractivity contribution >= 4 is 34.8 Å². The molecule has 0 bridgehead atoms. The number of carbonyl (C=O) groups is 2.